The Hall–Kier alpha value is -2.33. The van der Waals surface area contributed by atoms with E-state index in [1.807, 2.05) is 30.3 Å². The first-order valence-electron chi connectivity index (χ1n) is 7.18. The summed E-state index contributed by atoms with van der Waals surface area (Å²) in [7, 11) is 0. The number of hydrogen-bond acceptors (Lipinski definition) is 4. The van der Waals surface area contributed by atoms with Crippen LogP contribution in [-0.2, 0) is 0 Å². The Kier molecular flexibility index (Phi) is 3.88. The lowest BCUT2D eigenvalue weighted by Crippen LogP contribution is -2.21. The van der Waals surface area contributed by atoms with E-state index >= 15 is 0 Å². The average molecular weight is 281 g/mol. The maximum Gasteiger partial charge on any atom is 0.302 e. The van der Waals surface area contributed by atoms with E-state index in [2.05, 4.69) is 35.0 Å². The largest absolute Gasteiger partial charge is 0.423 e. The van der Waals surface area contributed by atoms with Crippen LogP contribution in [0.15, 0.2) is 52.9 Å². The lowest BCUT2D eigenvalue weighted by atomic mass is 10.2. The van der Waals surface area contributed by atoms with E-state index in [1.54, 1.807) is 0 Å². The first kappa shape index (κ1) is 13.6. The highest BCUT2D eigenvalue weighted by molar-refractivity contribution is 5.75. The Morgan fingerprint density at radius 1 is 1.14 bits per heavy atom. The van der Waals surface area contributed by atoms with Crippen molar-refractivity contribution in [3.8, 4) is 0 Å². The predicted octanol–water partition coefficient (Wildman–Crippen LogP) is 3.62. The van der Waals surface area contributed by atoms with Gasteiger partial charge in [0.2, 0.25) is 0 Å². The Morgan fingerprint density at radius 2 is 2.00 bits per heavy atom. The van der Waals surface area contributed by atoms with E-state index in [-0.39, 0.29) is 0 Å². The van der Waals surface area contributed by atoms with Crippen LogP contribution in [-0.4, -0.2) is 18.1 Å². The Morgan fingerprint density at radius 3 is 2.76 bits per heavy atom. The van der Waals surface area contributed by atoms with Crippen LogP contribution in [0.3, 0.4) is 0 Å². The van der Waals surface area contributed by atoms with E-state index in [0.29, 0.717) is 12.6 Å². The highest BCUT2D eigenvalue weighted by Gasteiger charge is 2.15. The molecular formula is C17H19N3O. The zero-order valence-electron chi connectivity index (χ0n) is 12.1. The zero-order chi connectivity index (χ0) is 14.7. The highest BCUT2D eigenvalue weighted by Crippen LogP contribution is 2.28. The van der Waals surface area contributed by atoms with Crippen molar-refractivity contribution in [1.82, 2.24) is 4.98 Å². The van der Waals surface area contributed by atoms with Crippen molar-refractivity contribution in [2.45, 2.75) is 13.3 Å². The summed E-state index contributed by atoms with van der Waals surface area (Å²) in [5, 5.41) is 0. The van der Waals surface area contributed by atoms with Crippen LogP contribution in [0, 0.1) is 6.92 Å². The molecular weight excluding hydrogens is 262 g/mol. The van der Waals surface area contributed by atoms with E-state index in [0.717, 1.165) is 29.8 Å². The number of anilines is 2. The molecule has 0 atom stereocenters. The summed E-state index contributed by atoms with van der Waals surface area (Å²) < 4.78 is 5.90. The van der Waals surface area contributed by atoms with Crippen molar-refractivity contribution < 1.29 is 4.42 Å². The molecule has 0 saturated heterocycles. The summed E-state index contributed by atoms with van der Waals surface area (Å²) in [4.78, 5) is 6.67. The number of fused-ring (bicyclic) bond motifs is 1. The third-order valence-electron chi connectivity index (χ3n) is 3.41. The van der Waals surface area contributed by atoms with Crippen molar-refractivity contribution in [2.24, 2.45) is 5.73 Å². The van der Waals surface area contributed by atoms with Gasteiger partial charge in [-0.05, 0) is 49.7 Å². The van der Waals surface area contributed by atoms with Crippen LogP contribution < -0.4 is 10.6 Å². The number of hydrogen-bond donors (Lipinski definition) is 1. The van der Waals surface area contributed by atoms with Crippen molar-refractivity contribution in [2.75, 3.05) is 18.0 Å². The molecule has 0 amide bonds. The van der Waals surface area contributed by atoms with Crippen molar-refractivity contribution in [3.63, 3.8) is 0 Å². The fourth-order valence-electron chi connectivity index (χ4n) is 2.36. The molecule has 0 bridgehead atoms. The predicted molar refractivity (Wildman–Crippen MR) is 85.9 cm³/mol. The van der Waals surface area contributed by atoms with Crippen LogP contribution in [0.1, 0.15) is 12.0 Å². The fraction of sp³-hybridized carbons (Fsp3) is 0.235. The summed E-state index contributed by atoms with van der Waals surface area (Å²) >= 11 is 0. The van der Waals surface area contributed by atoms with Crippen LogP contribution in [0.2, 0.25) is 0 Å². The number of aryl methyl sites for hydroxylation is 1. The smallest absolute Gasteiger partial charge is 0.302 e. The van der Waals surface area contributed by atoms with Gasteiger partial charge in [-0.2, -0.15) is 4.98 Å². The number of aromatic nitrogens is 1. The molecule has 2 N–H and O–H groups in total. The molecule has 4 nitrogen and oxygen atoms in total. The topological polar surface area (TPSA) is 55.3 Å². The molecule has 3 rings (SSSR count). The summed E-state index contributed by atoms with van der Waals surface area (Å²) in [6, 6.07) is 16.8. The summed E-state index contributed by atoms with van der Waals surface area (Å²) in [5.41, 5.74) is 9.63. The first-order valence-corrected chi connectivity index (χ1v) is 7.18. The van der Waals surface area contributed by atoms with E-state index in [9.17, 15) is 0 Å². The molecule has 2 aromatic carbocycles. The summed E-state index contributed by atoms with van der Waals surface area (Å²) in [6.07, 6.45) is 0.882. The maximum atomic E-state index is 5.90. The molecule has 108 valence electrons. The van der Waals surface area contributed by atoms with Crippen LogP contribution in [0.5, 0.6) is 0 Å². The molecule has 4 heteroatoms. The van der Waals surface area contributed by atoms with E-state index in [1.165, 1.54) is 5.56 Å². The number of rotatable bonds is 5. The number of oxazole rings is 1. The van der Waals surface area contributed by atoms with Crippen LogP contribution in [0.4, 0.5) is 11.7 Å². The SMILES string of the molecule is Cc1cccc(N(CCCN)c2nc3ccccc3o2)c1. The first-order chi connectivity index (χ1) is 10.3. The molecule has 0 aliphatic heterocycles. The average Bonchev–Trinajstić information content (AvgIpc) is 2.91. The highest BCUT2D eigenvalue weighted by atomic mass is 16.4. The molecule has 1 aromatic heterocycles. The van der Waals surface area contributed by atoms with Gasteiger partial charge in [-0.1, -0.05) is 24.3 Å². The summed E-state index contributed by atoms with van der Waals surface area (Å²) in [5.74, 6) is 0. The van der Waals surface area contributed by atoms with Gasteiger partial charge >= 0.3 is 6.01 Å². The standard InChI is InChI=1S/C17H19N3O/c1-13-6-4-7-14(12-13)20(11-5-10-18)17-19-15-8-2-3-9-16(15)21-17/h2-4,6-9,12H,5,10-11,18H2,1H3. The molecule has 0 unspecified atom stereocenters. The third kappa shape index (κ3) is 2.90. The van der Waals surface area contributed by atoms with Crippen LogP contribution >= 0.6 is 0 Å². The van der Waals surface area contributed by atoms with Crippen molar-refractivity contribution >= 4 is 22.8 Å². The maximum absolute atomic E-state index is 5.90. The monoisotopic (exact) mass is 281 g/mol. The molecule has 0 radical (unpaired) electrons. The molecule has 0 fully saturated rings. The summed E-state index contributed by atoms with van der Waals surface area (Å²) in [6.45, 7) is 3.51. The van der Waals surface area contributed by atoms with Gasteiger partial charge in [-0.25, -0.2) is 0 Å². The fourth-order valence-corrected chi connectivity index (χ4v) is 2.36. The molecule has 0 aliphatic rings. The van der Waals surface area contributed by atoms with Crippen molar-refractivity contribution in [3.05, 3.63) is 54.1 Å². The quantitative estimate of drug-likeness (QED) is 0.776. The zero-order valence-corrected chi connectivity index (χ0v) is 12.1. The molecule has 0 saturated carbocycles. The van der Waals surface area contributed by atoms with Gasteiger partial charge < -0.3 is 10.2 Å². The number of para-hydroxylation sites is 2. The minimum Gasteiger partial charge on any atom is -0.423 e. The normalized spacial score (nSPS) is 11.0. The molecule has 1 heterocycles. The second-order valence-corrected chi connectivity index (χ2v) is 5.10. The van der Waals surface area contributed by atoms with Gasteiger partial charge in [0.15, 0.2) is 5.58 Å². The number of benzene rings is 2. The lowest BCUT2D eigenvalue weighted by molar-refractivity contribution is 0.588. The van der Waals surface area contributed by atoms with Gasteiger partial charge in [0, 0.05) is 12.2 Å². The van der Waals surface area contributed by atoms with Crippen molar-refractivity contribution in [1.29, 1.82) is 0 Å². The van der Waals surface area contributed by atoms with Gasteiger partial charge in [0.1, 0.15) is 5.52 Å². The molecule has 3 aromatic rings. The minimum absolute atomic E-state index is 0.621. The number of nitrogens with two attached hydrogens (primary N) is 1. The Labute approximate surface area is 124 Å². The van der Waals surface area contributed by atoms with Crippen LogP contribution in [0.25, 0.3) is 11.1 Å². The van der Waals surface area contributed by atoms with Gasteiger partial charge in [0.25, 0.3) is 0 Å². The molecule has 21 heavy (non-hydrogen) atoms. The second kappa shape index (κ2) is 5.97. The minimum atomic E-state index is 0.621. The third-order valence-corrected chi connectivity index (χ3v) is 3.41. The number of nitrogens with zero attached hydrogens (tertiary/aromatic N) is 2. The van der Waals surface area contributed by atoms with Gasteiger partial charge in [-0.3, -0.25) is 4.90 Å². The second-order valence-electron chi connectivity index (χ2n) is 5.10. The Balaban J connectivity index is 2.02. The molecule has 0 aliphatic carbocycles. The van der Waals surface area contributed by atoms with Gasteiger partial charge in [-0.15, -0.1) is 0 Å². The van der Waals surface area contributed by atoms with E-state index < -0.39 is 0 Å². The Bertz CT molecular complexity index is 702. The molecule has 0 spiro atoms. The van der Waals surface area contributed by atoms with Gasteiger partial charge in [0.05, 0.1) is 0 Å². The van der Waals surface area contributed by atoms with E-state index in [4.69, 9.17) is 10.2 Å². The lowest BCUT2D eigenvalue weighted by Gasteiger charge is -2.20.